The van der Waals surface area contributed by atoms with Crippen LogP contribution in [0.5, 0.6) is 0 Å². The highest BCUT2D eigenvalue weighted by Crippen LogP contribution is 2.10. The zero-order valence-corrected chi connectivity index (χ0v) is 9.98. The largest absolute Gasteiger partial charge is 0.395 e. The van der Waals surface area contributed by atoms with E-state index in [1.54, 1.807) is 7.11 Å². The first-order chi connectivity index (χ1) is 7.80. The van der Waals surface area contributed by atoms with Crippen molar-refractivity contribution >= 4 is 0 Å². The smallest absolute Gasteiger partial charge is 0.0638 e. The molecule has 1 aliphatic heterocycles. The predicted octanol–water partition coefficient (Wildman–Crippen LogP) is -0.319. The summed E-state index contributed by atoms with van der Waals surface area (Å²) in [5.74, 6) is 2.67. The molecule has 1 saturated heterocycles. The van der Waals surface area contributed by atoms with Gasteiger partial charge in [0.05, 0.1) is 25.8 Å². The van der Waals surface area contributed by atoms with Crippen LogP contribution in [0, 0.1) is 12.3 Å². The number of nitrogens with one attached hydrogen (secondary N) is 1. The summed E-state index contributed by atoms with van der Waals surface area (Å²) in [6, 6.07) is 0.524. The number of ether oxygens (including phenoxy) is 1. The standard InChI is InChI=1S/C12H22N2O2/c1-3-6-14-7-4-11(5-8-14)13-12(9-15)10-16-2/h1,11-13,15H,4-10H2,2H3. The maximum absolute atomic E-state index is 9.14. The molecular formula is C12H22N2O2. The molecule has 1 unspecified atom stereocenters. The minimum Gasteiger partial charge on any atom is -0.395 e. The van der Waals surface area contributed by atoms with E-state index in [-0.39, 0.29) is 12.6 Å². The van der Waals surface area contributed by atoms with Crippen LogP contribution in [-0.2, 0) is 4.74 Å². The molecule has 0 aromatic rings. The number of aliphatic hydroxyl groups excluding tert-OH is 1. The van der Waals surface area contributed by atoms with Crippen LogP contribution in [0.2, 0.25) is 0 Å². The van der Waals surface area contributed by atoms with Gasteiger partial charge in [-0.3, -0.25) is 4.90 Å². The Kier molecular flexibility index (Phi) is 6.43. The highest BCUT2D eigenvalue weighted by atomic mass is 16.5. The molecular weight excluding hydrogens is 204 g/mol. The van der Waals surface area contributed by atoms with Crippen LogP contribution in [0.3, 0.4) is 0 Å². The van der Waals surface area contributed by atoms with Gasteiger partial charge in [-0.15, -0.1) is 6.42 Å². The average Bonchev–Trinajstić information content (AvgIpc) is 2.31. The highest BCUT2D eigenvalue weighted by Gasteiger charge is 2.20. The second kappa shape index (κ2) is 7.64. The van der Waals surface area contributed by atoms with E-state index in [9.17, 15) is 0 Å². The molecule has 0 radical (unpaired) electrons. The number of piperidine rings is 1. The second-order valence-electron chi connectivity index (χ2n) is 4.26. The summed E-state index contributed by atoms with van der Waals surface area (Å²) in [6.45, 7) is 3.49. The van der Waals surface area contributed by atoms with E-state index in [1.807, 2.05) is 0 Å². The van der Waals surface area contributed by atoms with Gasteiger partial charge in [0.1, 0.15) is 0 Å². The highest BCUT2D eigenvalue weighted by molar-refractivity contribution is 4.90. The van der Waals surface area contributed by atoms with Gasteiger partial charge >= 0.3 is 0 Å². The van der Waals surface area contributed by atoms with E-state index >= 15 is 0 Å². The van der Waals surface area contributed by atoms with Gasteiger partial charge in [-0.1, -0.05) is 5.92 Å². The molecule has 1 rings (SSSR count). The zero-order chi connectivity index (χ0) is 11.8. The zero-order valence-electron chi connectivity index (χ0n) is 9.98. The first-order valence-electron chi connectivity index (χ1n) is 5.81. The number of methoxy groups -OCH3 is 1. The molecule has 1 heterocycles. The van der Waals surface area contributed by atoms with Crippen LogP contribution in [0.4, 0.5) is 0 Å². The summed E-state index contributed by atoms with van der Waals surface area (Å²) in [5, 5.41) is 12.6. The summed E-state index contributed by atoms with van der Waals surface area (Å²) in [4.78, 5) is 2.28. The Bertz CT molecular complexity index is 220. The molecule has 1 atom stereocenters. The van der Waals surface area contributed by atoms with Crippen molar-refractivity contribution < 1.29 is 9.84 Å². The molecule has 2 N–H and O–H groups in total. The van der Waals surface area contributed by atoms with Crippen molar-refractivity contribution in [2.24, 2.45) is 0 Å². The number of terminal acetylenes is 1. The number of likely N-dealkylation sites (tertiary alicyclic amines) is 1. The van der Waals surface area contributed by atoms with Crippen LogP contribution < -0.4 is 5.32 Å². The molecule has 4 nitrogen and oxygen atoms in total. The van der Waals surface area contributed by atoms with Gasteiger partial charge in [0.25, 0.3) is 0 Å². The molecule has 0 aliphatic carbocycles. The third kappa shape index (κ3) is 4.50. The molecule has 1 fully saturated rings. The SMILES string of the molecule is C#CCN1CCC(NC(CO)COC)CC1. The van der Waals surface area contributed by atoms with Gasteiger partial charge in [0, 0.05) is 26.2 Å². The monoisotopic (exact) mass is 226 g/mol. The maximum Gasteiger partial charge on any atom is 0.0638 e. The van der Waals surface area contributed by atoms with E-state index in [0.717, 1.165) is 32.5 Å². The van der Waals surface area contributed by atoms with Gasteiger partial charge in [-0.25, -0.2) is 0 Å². The van der Waals surface area contributed by atoms with Gasteiger partial charge in [-0.2, -0.15) is 0 Å². The van der Waals surface area contributed by atoms with Crippen LogP contribution >= 0.6 is 0 Å². The Balaban J connectivity index is 2.23. The molecule has 0 aromatic heterocycles. The van der Waals surface area contributed by atoms with Crippen molar-refractivity contribution in [3.8, 4) is 12.3 Å². The van der Waals surface area contributed by atoms with E-state index in [4.69, 9.17) is 16.3 Å². The van der Waals surface area contributed by atoms with Crippen LogP contribution in [0.1, 0.15) is 12.8 Å². The normalized spacial score (nSPS) is 20.6. The minimum absolute atomic E-state index is 0.0502. The predicted molar refractivity (Wildman–Crippen MR) is 64.2 cm³/mol. The Morgan fingerprint density at radius 2 is 2.25 bits per heavy atom. The third-order valence-corrected chi connectivity index (χ3v) is 2.96. The number of rotatable bonds is 6. The Morgan fingerprint density at radius 1 is 1.56 bits per heavy atom. The summed E-state index contributed by atoms with van der Waals surface area (Å²) >= 11 is 0. The molecule has 4 heteroatoms. The van der Waals surface area contributed by atoms with Gasteiger partial charge < -0.3 is 15.2 Å². The second-order valence-corrected chi connectivity index (χ2v) is 4.26. The van der Waals surface area contributed by atoms with E-state index in [2.05, 4.69) is 16.1 Å². The van der Waals surface area contributed by atoms with Crippen LogP contribution in [-0.4, -0.2) is 62.0 Å². The summed E-state index contributed by atoms with van der Waals surface area (Å²) in [6.07, 6.45) is 7.45. The maximum atomic E-state index is 9.14. The van der Waals surface area contributed by atoms with Crippen LogP contribution in [0.15, 0.2) is 0 Å². The van der Waals surface area contributed by atoms with Crippen molar-refractivity contribution in [3.63, 3.8) is 0 Å². The van der Waals surface area contributed by atoms with Crippen molar-refractivity contribution in [2.75, 3.05) is 40.0 Å². The molecule has 1 aliphatic rings. The lowest BCUT2D eigenvalue weighted by Gasteiger charge is -2.33. The average molecular weight is 226 g/mol. The quantitative estimate of drug-likeness (QED) is 0.609. The molecule has 16 heavy (non-hydrogen) atoms. The third-order valence-electron chi connectivity index (χ3n) is 2.96. The molecule has 0 spiro atoms. The number of aliphatic hydroxyl groups is 1. The minimum atomic E-state index is 0.0502. The number of hydrogen-bond acceptors (Lipinski definition) is 4. The van der Waals surface area contributed by atoms with E-state index < -0.39 is 0 Å². The Labute approximate surface area is 98.0 Å². The number of hydrogen-bond donors (Lipinski definition) is 2. The summed E-state index contributed by atoms with van der Waals surface area (Å²) in [5.41, 5.74) is 0. The molecule has 0 bridgehead atoms. The van der Waals surface area contributed by atoms with Crippen molar-refractivity contribution in [1.29, 1.82) is 0 Å². The van der Waals surface area contributed by atoms with Crippen molar-refractivity contribution in [3.05, 3.63) is 0 Å². The first-order valence-corrected chi connectivity index (χ1v) is 5.81. The van der Waals surface area contributed by atoms with Gasteiger partial charge in [0.15, 0.2) is 0 Å². The van der Waals surface area contributed by atoms with Crippen molar-refractivity contribution in [2.45, 2.75) is 24.9 Å². The molecule has 0 amide bonds. The molecule has 92 valence electrons. The van der Waals surface area contributed by atoms with E-state index in [0.29, 0.717) is 12.6 Å². The summed E-state index contributed by atoms with van der Waals surface area (Å²) < 4.78 is 5.04. The lowest BCUT2D eigenvalue weighted by Crippen LogP contribution is -2.48. The van der Waals surface area contributed by atoms with E-state index in [1.165, 1.54) is 0 Å². The summed E-state index contributed by atoms with van der Waals surface area (Å²) in [7, 11) is 1.65. The lowest BCUT2D eigenvalue weighted by molar-refractivity contribution is 0.111. The molecule has 0 aromatic carbocycles. The fourth-order valence-electron chi connectivity index (χ4n) is 2.07. The molecule has 0 saturated carbocycles. The fraction of sp³-hybridized carbons (Fsp3) is 0.833. The Morgan fingerprint density at radius 3 is 2.75 bits per heavy atom. The first kappa shape index (κ1) is 13.5. The van der Waals surface area contributed by atoms with Gasteiger partial charge in [-0.05, 0) is 12.8 Å². The van der Waals surface area contributed by atoms with Crippen molar-refractivity contribution in [1.82, 2.24) is 10.2 Å². The fourth-order valence-corrected chi connectivity index (χ4v) is 2.07. The Hall–Kier alpha value is -0.600. The van der Waals surface area contributed by atoms with Crippen LogP contribution in [0.25, 0.3) is 0 Å². The topological polar surface area (TPSA) is 44.7 Å². The van der Waals surface area contributed by atoms with Gasteiger partial charge in [0.2, 0.25) is 0 Å². The lowest BCUT2D eigenvalue weighted by atomic mass is 10.0. The number of nitrogens with zero attached hydrogens (tertiary/aromatic N) is 1.